The molecular formula is C12H10F3N3O. The summed E-state index contributed by atoms with van der Waals surface area (Å²) in [5.74, 6) is 0.373. The van der Waals surface area contributed by atoms with Crippen LogP contribution in [0, 0.1) is 6.92 Å². The molecule has 0 aliphatic carbocycles. The number of halogens is 3. The lowest BCUT2D eigenvalue weighted by atomic mass is 10.3. The molecule has 0 unspecified atom stereocenters. The quantitative estimate of drug-likeness (QED) is 0.927. The molecule has 2 aromatic rings. The Labute approximate surface area is 107 Å². The average Bonchev–Trinajstić information content (AvgIpc) is 2.30. The predicted octanol–water partition coefficient (Wildman–Crippen LogP) is 3.43. The van der Waals surface area contributed by atoms with Crippen LogP contribution in [0.4, 0.5) is 24.8 Å². The van der Waals surface area contributed by atoms with Crippen LogP contribution in [0.3, 0.4) is 0 Å². The van der Waals surface area contributed by atoms with Gasteiger partial charge in [0.2, 0.25) is 0 Å². The zero-order chi connectivity index (χ0) is 13.9. The lowest BCUT2D eigenvalue weighted by molar-refractivity contribution is -0.274. The summed E-state index contributed by atoms with van der Waals surface area (Å²) in [5, 5.41) is 2.79. The molecule has 0 aliphatic rings. The van der Waals surface area contributed by atoms with Crippen LogP contribution < -0.4 is 10.1 Å². The Morgan fingerprint density at radius 2 is 1.89 bits per heavy atom. The van der Waals surface area contributed by atoms with Gasteiger partial charge in [0.15, 0.2) is 0 Å². The average molecular weight is 269 g/mol. The van der Waals surface area contributed by atoms with E-state index >= 15 is 0 Å². The highest BCUT2D eigenvalue weighted by atomic mass is 19.4. The fraction of sp³-hybridized carbons (Fsp3) is 0.167. The highest BCUT2D eigenvalue weighted by molar-refractivity contribution is 5.53. The SMILES string of the molecule is Cc1ccc(Nc2cc(OC(F)(F)F)ccn2)nc1. The van der Waals surface area contributed by atoms with E-state index in [2.05, 4.69) is 20.0 Å². The van der Waals surface area contributed by atoms with Crippen molar-refractivity contribution in [3.63, 3.8) is 0 Å². The van der Waals surface area contributed by atoms with Gasteiger partial charge in [-0.15, -0.1) is 13.2 Å². The molecule has 0 saturated heterocycles. The highest BCUT2D eigenvalue weighted by Gasteiger charge is 2.31. The molecule has 0 fully saturated rings. The lowest BCUT2D eigenvalue weighted by Gasteiger charge is -2.10. The molecule has 2 heterocycles. The number of aryl methyl sites for hydroxylation is 1. The Bertz CT molecular complexity index is 555. The topological polar surface area (TPSA) is 47.0 Å². The Morgan fingerprint density at radius 1 is 1.11 bits per heavy atom. The number of pyridine rings is 2. The number of nitrogens with one attached hydrogen (secondary N) is 1. The Hall–Kier alpha value is -2.31. The molecule has 100 valence electrons. The number of nitrogens with zero attached hydrogens (tertiary/aromatic N) is 2. The van der Waals surface area contributed by atoms with Crippen LogP contribution >= 0.6 is 0 Å². The minimum Gasteiger partial charge on any atom is -0.406 e. The molecular weight excluding hydrogens is 259 g/mol. The van der Waals surface area contributed by atoms with Crippen molar-refractivity contribution in [2.24, 2.45) is 0 Å². The third-order valence-electron chi connectivity index (χ3n) is 2.13. The monoisotopic (exact) mass is 269 g/mol. The molecule has 0 bridgehead atoms. The van der Waals surface area contributed by atoms with Gasteiger partial charge in [0, 0.05) is 18.5 Å². The van der Waals surface area contributed by atoms with E-state index in [1.54, 1.807) is 12.3 Å². The van der Waals surface area contributed by atoms with E-state index < -0.39 is 6.36 Å². The largest absolute Gasteiger partial charge is 0.573 e. The predicted molar refractivity (Wildman–Crippen MR) is 63.2 cm³/mol. The first-order valence-corrected chi connectivity index (χ1v) is 5.34. The molecule has 7 heteroatoms. The molecule has 0 amide bonds. The summed E-state index contributed by atoms with van der Waals surface area (Å²) in [5.41, 5.74) is 0.979. The number of anilines is 2. The Kier molecular flexibility index (Phi) is 3.55. The zero-order valence-electron chi connectivity index (χ0n) is 9.90. The zero-order valence-corrected chi connectivity index (χ0v) is 9.90. The van der Waals surface area contributed by atoms with Gasteiger partial charge in [-0.2, -0.15) is 0 Å². The van der Waals surface area contributed by atoms with Crippen molar-refractivity contribution in [1.29, 1.82) is 0 Å². The molecule has 1 N–H and O–H groups in total. The van der Waals surface area contributed by atoms with Gasteiger partial charge in [-0.05, 0) is 24.6 Å². The van der Waals surface area contributed by atoms with E-state index in [1.807, 2.05) is 13.0 Å². The van der Waals surface area contributed by atoms with Crippen LogP contribution in [-0.4, -0.2) is 16.3 Å². The molecule has 2 rings (SSSR count). The number of hydrogen-bond donors (Lipinski definition) is 1. The maximum Gasteiger partial charge on any atom is 0.573 e. The summed E-state index contributed by atoms with van der Waals surface area (Å²) in [4.78, 5) is 7.95. The summed E-state index contributed by atoms with van der Waals surface area (Å²) in [7, 11) is 0. The summed E-state index contributed by atoms with van der Waals surface area (Å²) in [6, 6.07) is 5.80. The summed E-state index contributed by atoms with van der Waals surface area (Å²) in [6.07, 6.45) is -1.86. The van der Waals surface area contributed by atoms with Gasteiger partial charge in [0.05, 0.1) is 0 Å². The molecule has 0 spiro atoms. The van der Waals surface area contributed by atoms with Gasteiger partial charge in [-0.25, -0.2) is 9.97 Å². The molecule has 0 radical (unpaired) electrons. The van der Waals surface area contributed by atoms with Gasteiger partial charge in [-0.1, -0.05) is 6.07 Å². The molecule has 2 aromatic heterocycles. The number of aromatic nitrogens is 2. The van der Waals surface area contributed by atoms with Crippen molar-refractivity contribution >= 4 is 11.6 Å². The second kappa shape index (κ2) is 5.13. The van der Waals surface area contributed by atoms with Crippen LogP contribution in [0.5, 0.6) is 5.75 Å². The maximum absolute atomic E-state index is 12.1. The second-order valence-electron chi connectivity index (χ2n) is 3.77. The van der Waals surface area contributed by atoms with Gasteiger partial charge in [0.25, 0.3) is 0 Å². The van der Waals surface area contributed by atoms with Crippen molar-refractivity contribution in [3.8, 4) is 5.75 Å². The number of rotatable bonds is 3. The van der Waals surface area contributed by atoms with E-state index in [-0.39, 0.29) is 11.6 Å². The summed E-state index contributed by atoms with van der Waals surface area (Å²) in [6.45, 7) is 1.88. The Balaban J connectivity index is 2.13. The van der Waals surface area contributed by atoms with E-state index in [0.717, 1.165) is 17.7 Å². The van der Waals surface area contributed by atoms with Crippen molar-refractivity contribution in [2.45, 2.75) is 13.3 Å². The summed E-state index contributed by atoms with van der Waals surface area (Å²) >= 11 is 0. The van der Waals surface area contributed by atoms with Crippen LogP contribution in [0.2, 0.25) is 0 Å². The molecule has 0 aliphatic heterocycles. The third-order valence-corrected chi connectivity index (χ3v) is 2.13. The molecule has 4 nitrogen and oxygen atoms in total. The van der Waals surface area contributed by atoms with Gasteiger partial charge in [0.1, 0.15) is 17.4 Å². The van der Waals surface area contributed by atoms with E-state index in [4.69, 9.17) is 0 Å². The standard InChI is InChI=1S/C12H10F3N3O/c1-8-2-3-10(17-7-8)18-11-6-9(4-5-16-11)19-12(13,14)15/h2-7H,1H3,(H,16,17,18). The minimum atomic E-state index is -4.72. The lowest BCUT2D eigenvalue weighted by Crippen LogP contribution is -2.17. The summed E-state index contributed by atoms with van der Waals surface area (Å²) < 4.78 is 40.0. The van der Waals surface area contributed by atoms with Crippen LogP contribution in [0.25, 0.3) is 0 Å². The highest BCUT2D eigenvalue weighted by Crippen LogP contribution is 2.24. The maximum atomic E-state index is 12.1. The molecule has 0 atom stereocenters. The van der Waals surface area contributed by atoms with Gasteiger partial charge < -0.3 is 10.1 Å². The van der Waals surface area contributed by atoms with Crippen molar-refractivity contribution in [1.82, 2.24) is 9.97 Å². The number of alkyl halides is 3. The van der Waals surface area contributed by atoms with Gasteiger partial charge >= 0.3 is 6.36 Å². The van der Waals surface area contributed by atoms with E-state index in [9.17, 15) is 13.2 Å². The van der Waals surface area contributed by atoms with Crippen LogP contribution in [0.1, 0.15) is 5.56 Å². The Morgan fingerprint density at radius 3 is 2.53 bits per heavy atom. The second-order valence-corrected chi connectivity index (χ2v) is 3.77. The smallest absolute Gasteiger partial charge is 0.406 e. The molecule has 0 saturated carbocycles. The minimum absolute atomic E-state index is 0.220. The fourth-order valence-electron chi connectivity index (χ4n) is 1.35. The van der Waals surface area contributed by atoms with Crippen LogP contribution in [-0.2, 0) is 0 Å². The molecule has 19 heavy (non-hydrogen) atoms. The van der Waals surface area contributed by atoms with Crippen molar-refractivity contribution in [3.05, 3.63) is 42.2 Å². The van der Waals surface area contributed by atoms with E-state index in [0.29, 0.717) is 5.82 Å². The first kappa shape index (κ1) is 13.1. The number of hydrogen-bond acceptors (Lipinski definition) is 4. The van der Waals surface area contributed by atoms with Crippen molar-refractivity contribution < 1.29 is 17.9 Å². The number of ether oxygens (including phenoxy) is 1. The molecule has 0 aromatic carbocycles. The third kappa shape index (κ3) is 4.13. The first-order chi connectivity index (χ1) is 8.92. The van der Waals surface area contributed by atoms with Crippen LogP contribution in [0.15, 0.2) is 36.7 Å². The van der Waals surface area contributed by atoms with E-state index in [1.165, 1.54) is 6.20 Å². The fourth-order valence-corrected chi connectivity index (χ4v) is 1.35. The first-order valence-electron chi connectivity index (χ1n) is 5.34. The normalized spacial score (nSPS) is 11.2. The van der Waals surface area contributed by atoms with Gasteiger partial charge in [-0.3, -0.25) is 0 Å². The van der Waals surface area contributed by atoms with Crippen molar-refractivity contribution in [2.75, 3.05) is 5.32 Å².